The maximum absolute atomic E-state index is 11.1. The number of rotatable bonds is 10. The van der Waals surface area contributed by atoms with E-state index in [1.54, 1.807) is 0 Å². The first-order valence-corrected chi connectivity index (χ1v) is 11.0. The van der Waals surface area contributed by atoms with Gasteiger partial charge >= 0.3 is 0 Å². The number of nitrogens with one attached hydrogen (secondary N) is 1. The van der Waals surface area contributed by atoms with Crippen molar-refractivity contribution in [1.82, 2.24) is 15.5 Å². The molecule has 0 radical (unpaired) electrons. The zero-order valence-corrected chi connectivity index (χ0v) is 19.5. The van der Waals surface area contributed by atoms with E-state index in [1.807, 2.05) is 38.1 Å². The van der Waals surface area contributed by atoms with Gasteiger partial charge in [-0.2, -0.15) is 4.98 Å². The zero-order valence-electron chi connectivity index (χ0n) is 19.5. The van der Waals surface area contributed by atoms with E-state index in [0.717, 1.165) is 28.7 Å². The van der Waals surface area contributed by atoms with Gasteiger partial charge in [-0.3, -0.25) is 4.79 Å². The molecule has 176 valence electrons. The van der Waals surface area contributed by atoms with Crippen molar-refractivity contribution in [3.05, 3.63) is 53.1 Å². The highest BCUT2D eigenvalue weighted by Crippen LogP contribution is 2.30. The number of aliphatic hydroxyl groups excluding tert-OH is 2. The van der Waals surface area contributed by atoms with Crippen LogP contribution in [-0.2, 0) is 11.2 Å². The van der Waals surface area contributed by atoms with Gasteiger partial charge in [0.2, 0.25) is 11.7 Å². The van der Waals surface area contributed by atoms with E-state index in [-0.39, 0.29) is 13.2 Å². The van der Waals surface area contributed by atoms with Gasteiger partial charge in [0, 0.05) is 17.7 Å². The molecule has 3 rings (SSSR count). The zero-order chi connectivity index (χ0) is 24.0. The molecular weight excluding hydrogens is 422 g/mol. The summed E-state index contributed by atoms with van der Waals surface area (Å²) in [4.78, 5) is 15.6. The lowest BCUT2D eigenvalue weighted by atomic mass is 10.0. The van der Waals surface area contributed by atoms with Crippen molar-refractivity contribution in [2.24, 2.45) is 5.92 Å². The van der Waals surface area contributed by atoms with Crippen LogP contribution in [0.3, 0.4) is 0 Å². The van der Waals surface area contributed by atoms with Gasteiger partial charge in [-0.25, -0.2) is 0 Å². The number of amides is 1. The van der Waals surface area contributed by atoms with E-state index in [1.165, 1.54) is 5.56 Å². The number of hydrogen-bond acceptors (Lipinski definition) is 7. The van der Waals surface area contributed by atoms with Crippen molar-refractivity contribution in [2.45, 2.75) is 40.2 Å². The molecule has 8 nitrogen and oxygen atoms in total. The Labute approximate surface area is 193 Å². The number of benzene rings is 2. The summed E-state index contributed by atoms with van der Waals surface area (Å²) in [6.45, 7) is 7.58. The third-order valence-electron chi connectivity index (χ3n) is 5.09. The van der Waals surface area contributed by atoms with Crippen molar-refractivity contribution < 1.29 is 24.3 Å². The number of ether oxygens (including phenoxy) is 1. The minimum absolute atomic E-state index is 0.000339. The Morgan fingerprint density at radius 1 is 1.12 bits per heavy atom. The van der Waals surface area contributed by atoms with Crippen LogP contribution in [0.4, 0.5) is 0 Å². The molecule has 3 N–H and O–H groups in total. The molecule has 8 heteroatoms. The highest BCUT2D eigenvalue weighted by atomic mass is 16.5. The normalized spacial score (nSPS) is 12.1. The van der Waals surface area contributed by atoms with Crippen LogP contribution >= 0.6 is 0 Å². The molecule has 0 aliphatic carbocycles. The Morgan fingerprint density at radius 3 is 2.39 bits per heavy atom. The molecule has 1 unspecified atom stereocenters. The number of nitrogens with zero attached hydrogens (tertiary/aromatic N) is 2. The molecule has 2 aromatic carbocycles. The second kappa shape index (κ2) is 11.1. The molecule has 1 aromatic heterocycles. The summed E-state index contributed by atoms with van der Waals surface area (Å²) in [6, 6.07) is 12.0. The Morgan fingerprint density at radius 2 is 1.79 bits per heavy atom. The highest BCUT2D eigenvalue weighted by Gasteiger charge is 2.15. The average Bonchev–Trinajstić information content (AvgIpc) is 3.27. The maximum Gasteiger partial charge on any atom is 0.258 e. The summed E-state index contributed by atoms with van der Waals surface area (Å²) in [5.74, 6) is 1.65. The van der Waals surface area contributed by atoms with Crippen molar-refractivity contribution in [2.75, 3.05) is 19.8 Å². The molecule has 0 saturated carbocycles. The van der Waals surface area contributed by atoms with Gasteiger partial charge < -0.3 is 24.8 Å². The molecule has 0 aliphatic heterocycles. The lowest BCUT2D eigenvalue weighted by molar-refractivity contribution is -0.124. The van der Waals surface area contributed by atoms with Gasteiger partial charge in [-0.05, 0) is 67.1 Å². The predicted octanol–water partition coefficient (Wildman–Crippen LogP) is 3.07. The van der Waals surface area contributed by atoms with Crippen LogP contribution in [0.15, 0.2) is 40.9 Å². The predicted molar refractivity (Wildman–Crippen MR) is 125 cm³/mol. The molecular formula is C25H31N3O5. The quantitative estimate of drug-likeness (QED) is 0.432. The van der Waals surface area contributed by atoms with Crippen LogP contribution in [0.5, 0.6) is 5.75 Å². The summed E-state index contributed by atoms with van der Waals surface area (Å²) in [6.07, 6.45) is 0.127. The van der Waals surface area contributed by atoms with Crippen molar-refractivity contribution in [3.63, 3.8) is 0 Å². The van der Waals surface area contributed by atoms with Crippen LogP contribution in [0.25, 0.3) is 22.8 Å². The summed E-state index contributed by atoms with van der Waals surface area (Å²) >= 11 is 0. The van der Waals surface area contributed by atoms with Crippen LogP contribution in [0.2, 0.25) is 0 Å². The lowest BCUT2D eigenvalue weighted by Gasteiger charge is -2.16. The third-order valence-corrected chi connectivity index (χ3v) is 5.09. The number of aromatic nitrogens is 2. The average molecular weight is 454 g/mol. The molecule has 1 heterocycles. The second-order valence-electron chi connectivity index (χ2n) is 8.58. The molecule has 1 amide bonds. The number of carbonyl (C=O) groups is 1. The first-order chi connectivity index (χ1) is 15.8. The van der Waals surface area contributed by atoms with Crippen molar-refractivity contribution >= 4 is 5.91 Å². The highest BCUT2D eigenvalue weighted by molar-refractivity contribution is 5.76. The largest absolute Gasteiger partial charge is 0.490 e. The van der Waals surface area contributed by atoms with Crippen molar-refractivity contribution in [1.29, 1.82) is 0 Å². The van der Waals surface area contributed by atoms with Crippen LogP contribution in [-0.4, -0.2) is 52.1 Å². The molecule has 0 spiro atoms. The van der Waals surface area contributed by atoms with Gasteiger partial charge in [0.25, 0.3) is 5.89 Å². The van der Waals surface area contributed by atoms with Gasteiger partial charge in [0.05, 0.1) is 0 Å². The maximum atomic E-state index is 11.1. The van der Waals surface area contributed by atoms with Crippen LogP contribution in [0, 0.1) is 19.8 Å². The minimum atomic E-state index is -0.898. The monoisotopic (exact) mass is 453 g/mol. The summed E-state index contributed by atoms with van der Waals surface area (Å²) < 4.78 is 11.3. The van der Waals surface area contributed by atoms with E-state index in [2.05, 4.69) is 41.4 Å². The summed E-state index contributed by atoms with van der Waals surface area (Å²) in [7, 11) is 0. The third kappa shape index (κ3) is 6.63. The fourth-order valence-corrected chi connectivity index (χ4v) is 3.55. The number of hydrogen-bond donors (Lipinski definition) is 3. The summed E-state index contributed by atoms with van der Waals surface area (Å²) in [5, 5.41) is 25.2. The summed E-state index contributed by atoms with van der Waals surface area (Å²) in [5.41, 5.74) is 4.68. The van der Waals surface area contributed by atoms with Crippen molar-refractivity contribution in [3.8, 4) is 28.6 Å². The fourth-order valence-electron chi connectivity index (χ4n) is 3.55. The van der Waals surface area contributed by atoms with Gasteiger partial charge in [0.1, 0.15) is 25.1 Å². The van der Waals surface area contributed by atoms with E-state index in [4.69, 9.17) is 14.4 Å². The Hall–Kier alpha value is -3.23. The lowest BCUT2D eigenvalue weighted by Crippen LogP contribution is -2.36. The molecule has 0 saturated heterocycles. The van der Waals surface area contributed by atoms with Gasteiger partial charge in [0.15, 0.2) is 0 Å². The number of aliphatic hydroxyl groups is 2. The Balaban J connectivity index is 1.68. The first-order valence-electron chi connectivity index (χ1n) is 11.0. The van der Waals surface area contributed by atoms with E-state index in [0.29, 0.717) is 23.4 Å². The fraction of sp³-hybridized carbons (Fsp3) is 0.400. The Bertz CT molecular complexity index is 1050. The molecule has 0 fully saturated rings. The standard InChI is InChI=1S/C25H31N3O5/c1-15(2)9-18-5-7-19(8-6-18)25-27-24(28-33-25)20-10-16(3)23(17(4)11-20)32-14-21(30)12-26-22(31)13-29/h5-8,10-11,15,21,29-30H,9,12-14H2,1-4H3,(H,26,31). The number of carbonyl (C=O) groups excluding carboxylic acids is 1. The Kier molecular flexibility index (Phi) is 8.19. The van der Waals surface area contributed by atoms with Crippen LogP contribution in [0.1, 0.15) is 30.5 Å². The molecule has 3 aromatic rings. The van der Waals surface area contributed by atoms with E-state index >= 15 is 0 Å². The van der Waals surface area contributed by atoms with Crippen LogP contribution < -0.4 is 10.1 Å². The number of aryl methyl sites for hydroxylation is 2. The van der Waals surface area contributed by atoms with Gasteiger partial charge in [-0.1, -0.05) is 31.1 Å². The topological polar surface area (TPSA) is 118 Å². The van der Waals surface area contributed by atoms with E-state index < -0.39 is 18.6 Å². The smallest absolute Gasteiger partial charge is 0.258 e. The van der Waals surface area contributed by atoms with Gasteiger partial charge in [-0.15, -0.1) is 0 Å². The molecule has 33 heavy (non-hydrogen) atoms. The van der Waals surface area contributed by atoms with E-state index in [9.17, 15) is 9.90 Å². The first kappa shape index (κ1) is 24.4. The molecule has 1 atom stereocenters. The second-order valence-corrected chi connectivity index (χ2v) is 8.58. The SMILES string of the molecule is Cc1cc(-c2noc(-c3ccc(CC(C)C)cc3)n2)cc(C)c1OCC(O)CNC(=O)CO. The molecule has 0 aliphatic rings. The minimum Gasteiger partial charge on any atom is -0.490 e. The molecule has 0 bridgehead atoms.